The van der Waals surface area contributed by atoms with Gasteiger partial charge in [-0.1, -0.05) is 6.92 Å². The summed E-state index contributed by atoms with van der Waals surface area (Å²) in [6.07, 6.45) is 2.00. The summed E-state index contributed by atoms with van der Waals surface area (Å²) in [6.45, 7) is 10.3. The first-order chi connectivity index (χ1) is 7.89. The molecule has 0 aliphatic heterocycles. The van der Waals surface area contributed by atoms with E-state index in [2.05, 4.69) is 33.0 Å². The van der Waals surface area contributed by atoms with Crippen LogP contribution in [-0.4, -0.2) is 41.7 Å². The van der Waals surface area contributed by atoms with Crippen molar-refractivity contribution in [3.63, 3.8) is 0 Å². The van der Waals surface area contributed by atoms with Gasteiger partial charge in [-0.15, -0.1) is 0 Å². The van der Waals surface area contributed by atoms with Crippen molar-refractivity contribution >= 4 is 8.80 Å². The maximum absolute atomic E-state index is 5.78. The molecule has 0 aromatic carbocycles. The van der Waals surface area contributed by atoms with Crippen molar-refractivity contribution in [1.29, 1.82) is 0 Å². The van der Waals surface area contributed by atoms with E-state index in [0.29, 0.717) is 6.61 Å². The number of hydrogen-bond acceptors (Lipinski definition) is 4. The van der Waals surface area contributed by atoms with E-state index >= 15 is 0 Å². The van der Waals surface area contributed by atoms with Crippen LogP contribution >= 0.6 is 0 Å². The number of hydrogen-bond donors (Lipinski definition) is 1. The fourth-order valence-corrected chi connectivity index (χ4v) is 3.58. The molecular weight excluding hydrogens is 234 g/mol. The largest absolute Gasteiger partial charge is 0.500 e. The highest BCUT2D eigenvalue weighted by Gasteiger charge is 2.38. The summed E-state index contributed by atoms with van der Waals surface area (Å²) in [4.78, 5) is 0. The van der Waals surface area contributed by atoms with Crippen molar-refractivity contribution in [2.45, 2.75) is 52.1 Å². The molecule has 5 heteroatoms. The summed E-state index contributed by atoms with van der Waals surface area (Å²) >= 11 is 0. The van der Waals surface area contributed by atoms with Gasteiger partial charge in [0.1, 0.15) is 0 Å². The SMILES string of the molecule is CCCO[Si](CCCNC(C)(C)C)(OC)OC. The van der Waals surface area contributed by atoms with E-state index in [4.69, 9.17) is 13.3 Å². The van der Waals surface area contributed by atoms with Crippen molar-refractivity contribution in [2.24, 2.45) is 0 Å². The molecule has 0 aliphatic rings. The Morgan fingerprint density at radius 2 is 1.71 bits per heavy atom. The summed E-state index contributed by atoms with van der Waals surface area (Å²) in [6, 6.07) is 0.864. The Kier molecular flexibility index (Phi) is 8.24. The first-order valence-electron chi connectivity index (χ1n) is 6.38. The number of rotatable bonds is 9. The Morgan fingerprint density at radius 3 is 2.12 bits per heavy atom. The minimum atomic E-state index is -2.40. The molecular formula is C12H29NO3Si. The lowest BCUT2D eigenvalue weighted by molar-refractivity contribution is 0.0976. The van der Waals surface area contributed by atoms with Gasteiger partial charge in [-0.3, -0.25) is 0 Å². The zero-order valence-corrected chi connectivity index (χ0v) is 13.3. The standard InChI is InChI=1S/C12H29NO3Si/c1-7-10-16-17(14-5,15-6)11-8-9-13-12(2,3)4/h13H,7-11H2,1-6H3. The van der Waals surface area contributed by atoms with Crippen LogP contribution in [0.3, 0.4) is 0 Å². The molecule has 0 fully saturated rings. The quantitative estimate of drug-likeness (QED) is 0.512. The second-order valence-electron chi connectivity index (χ2n) is 5.22. The normalized spacial score (nSPS) is 13.1. The molecule has 0 unspecified atom stereocenters. The molecule has 0 saturated heterocycles. The van der Waals surface area contributed by atoms with Crippen LogP contribution in [0.25, 0.3) is 0 Å². The highest BCUT2D eigenvalue weighted by Crippen LogP contribution is 2.16. The van der Waals surface area contributed by atoms with Crippen molar-refractivity contribution in [2.75, 3.05) is 27.4 Å². The lowest BCUT2D eigenvalue weighted by Crippen LogP contribution is -2.45. The predicted octanol–water partition coefficient (Wildman–Crippen LogP) is 2.42. The van der Waals surface area contributed by atoms with E-state index in [0.717, 1.165) is 25.4 Å². The first kappa shape index (κ1) is 17.1. The molecule has 0 radical (unpaired) electrons. The second-order valence-corrected chi connectivity index (χ2v) is 8.19. The van der Waals surface area contributed by atoms with Crippen molar-refractivity contribution in [1.82, 2.24) is 5.32 Å². The van der Waals surface area contributed by atoms with Gasteiger partial charge in [-0.05, 0) is 40.2 Å². The smallest absolute Gasteiger partial charge is 0.377 e. The van der Waals surface area contributed by atoms with Gasteiger partial charge in [0.25, 0.3) is 0 Å². The summed E-state index contributed by atoms with van der Waals surface area (Å²) in [5.41, 5.74) is 0.161. The average molecular weight is 263 g/mol. The Bertz CT molecular complexity index is 191. The lowest BCUT2D eigenvalue weighted by Gasteiger charge is -2.27. The summed E-state index contributed by atoms with van der Waals surface area (Å²) < 4.78 is 16.8. The molecule has 0 aromatic rings. The van der Waals surface area contributed by atoms with E-state index in [1.807, 2.05) is 0 Å². The molecule has 1 N–H and O–H groups in total. The van der Waals surface area contributed by atoms with E-state index in [1.165, 1.54) is 0 Å². The van der Waals surface area contributed by atoms with Gasteiger partial charge in [0.2, 0.25) is 0 Å². The molecule has 0 amide bonds. The molecule has 0 aromatic heterocycles. The lowest BCUT2D eigenvalue weighted by atomic mass is 10.1. The molecule has 4 nitrogen and oxygen atoms in total. The van der Waals surface area contributed by atoms with Crippen LogP contribution < -0.4 is 5.32 Å². The third-order valence-corrected chi connectivity index (χ3v) is 5.32. The minimum absolute atomic E-state index is 0.161. The molecule has 17 heavy (non-hydrogen) atoms. The zero-order valence-electron chi connectivity index (χ0n) is 12.3. The maximum Gasteiger partial charge on any atom is 0.500 e. The topological polar surface area (TPSA) is 39.7 Å². The fraction of sp³-hybridized carbons (Fsp3) is 1.00. The predicted molar refractivity (Wildman–Crippen MR) is 73.2 cm³/mol. The van der Waals surface area contributed by atoms with Crippen molar-refractivity contribution < 1.29 is 13.3 Å². The monoisotopic (exact) mass is 263 g/mol. The number of nitrogens with one attached hydrogen (secondary N) is 1. The molecule has 104 valence electrons. The molecule has 0 spiro atoms. The summed E-state index contributed by atoms with van der Waals surface area (Å²) in [7, 11) is 0.965. The molecule has 0 bridgehead atoms. The highest BCUT2D eigenvalue weighted by molar-refractivity contribution is 6.60. The van der Waals surface area contributed by atoms with E-state index in [9.17, 15) is 0 Å². The maximum atomic E-state index is 5.78. The van der Waals surface area contributed by atoms with Crippen LogP contribution in [0.4, 0.5) is 0 Å². The van der Waals surface area contributed by atoms with Crippen molar-refractivity contribution in [3.05, 3.63) is 0 Å². The van der Waals surface area contributed by atoms with Crippen molar-refractivity contribution in [3.8, 4) is 0 Å². The zero-order chi connectivity index (χ0) is 13.4. The van der Waals surface area contributed by atoms with E-state index < -0.39 is 8.80 Å². The van der Waals surface area contributed by atoms with Crippen LogP contribution in [0.15, 0.2) is 0 Å². The van der Waals surface area contributed by atoms with Gasteiger partial charge in [-0.2, -0.15) is 0 Å². The molecule has 0 aliphatic carbocycles. The fourth-order valence-electron chi connectivity index (χ4n) is 1.50. The Morgan fingerprint density at radius 1 is 1.12 bits per heavy atom. The van der Waals surface area contributed by atoms with Gasteiger partial charge >= 0.3 is 8.80 Å². The Balaban J connectivity index is 3.99. The highest BCUT2D eigenvalue weighted by atomic mass is 28.4. The van der Waals surface area contributed by atoms with Crippen LogP contribution in [0, 0.1) is 0 Å². The van der Waals surface area contributed by atoms with Gasteiger partial charge in [0.15, 0.2) is 0 Å². The van der Waals surface area contributed by atoms with Crippen LogP contribution in [0.5, 0.6) is 0 Å². The summed E-state index contributed by atoms with van der Waals surface area (Å²) in [5.74, 6) is 0. The van der Waals surface area contributed by atoms with Crippen LogP contribution in [-0.2, 0) is 13.3 Å². The first-order valence-corrected chi connectivity index (χ1v) is 8.31. The van der Waals surface area contributed by atoms with Crippen LogP contribution in [0.1, 0.15) is 40.5 Å². The third-order valence-electron chi connectivity index (χ3n) is 2.46. The molecule has 0 heterocycles. The molecule has 0 saturated carbocycles. The van der Waals surface area contributed by atoms with Gasteiger partial charge in [0, 0.05) is 32.4 Å². The van der Waals surface area contributed by atoms with Gasteiger partial charge in [-0.25, -0.2) is 0 Å². The molecule has 0 atom stereocenters. The Labute approximate surface area is 107 Å². The van der Waals surface area contributed by atoms with E-state index in [-0.39, 0.29) is 5.54 Å². The van der Waals surface area contributed by atoms with E-state index in [1.54, 1.807) is 14.2 Å². The minimum Gasteiger partial charge on any atom is -0.377 e. The average Bonchev–Trinajstić information content (AvgIpc) is 2.28. The van der Waals surface area contributed by atoms with Gasteiger partial charge < -0.3 is 18.6 Å². The Hall–Kier alpha value is 0.0569. The van der Waals surface area contributed by atoms with Crippen LogP contribution in [0.2, 0.25) is 6.04 Å². The second kappa shape index (κ2) is 8.21. The molecule has 0 rings (SSSR count). The van der Waals surface area contributed by atoms with Gasteiger partial charge in [0.05, 0.1) is 0 Å². The third kappa shape index (κ3) is 7.89. The summed E-state index contributed by atoms with van der Waals surface area (Å²) in [5, 5.41) is 3.45.